The van der Waals surface area contributed by atoms with Crippen LogP contribution in [0, 0.1) is 28.6 Å². The maximum Gasteiger partial charge on any atom is 0.226 e. The number of carbonyl (C=O) groups excluding carboxylic acids is 2. The van der Waals surface area contributed by atoms with E-state index in [1.165, 1.54) is 32.1 Å². The minimum Gasteiger partial charge on any atom is -0.369 e. The van der Waals surface area contributed by atoms with Gasteiger partial charge in [-0.15, -0.1) is 0 Å². The molecule has 0 radical (unpaired) electrons. The van der Waals surface area contributed by atoms with Gasteiger partial charge in [-0.2, -0.15) is 0 Å². The lowest BCUT2D eigenvalue weighted by Crippen LogP contribution is -2.63. The summed E-state index contributed by atoms with van der Waals surface area (Å²) >= 11 is 0. The van der Waals surface area contributed by atoms with Crippen LogP contribution < -0.4 is 11.1 Å². The molecule has 3 N–H and O–H groups in total. The summed E-state index contributed by atoms with van der Waals surface area (Å²) in [7, 11) is 0. The van der Waals surface area contributed by atoms with Gasteiger partial charge in [-0.25, -0.2) is 0 Å². The topological polar surface area (TPSA) is 72.2 Å². The van der Waals surface area contributed by atoms with Crippen LogP contribution in [-0.2, 0) is 9.59 Å². The van der Waals surface area contributed by atoms with Crippen LogP contribution in [-0.4, -0.2) is 17.9 Å². The fraction of sp³-hybridized carbons (Fsp3) is 0.895. The van der Waals surface area contributed by atoms with Crippen molar-refractivity contribution in [3.05, 3.63) is 0 Å². The van der Waals surface area contributed by atoms with E-state index in [-0.39, 0.29) is 28.7 Å². The van der Waals surface area contributed by atoms with Gasteiger partial charge in [0.05, 0.1) is 0 Å². The first kappa shape index (κ1) is 15.5. The zero-order valence-electron chi connectivity index (χ0n) is 14.3. The lowest BCUT2D eigenvalue weighted by Gasteiger charge is -2.59. The van der Waals surface area contributed by atoms with Crippen LogP contribution >= 0.6 is 0 Å². The third-order valence-electron chi connectivity index (χ3n) is 7.60. The number of hydrogen-bond donors (Lipinski definition) is 2. The maximum absolute atomic E-state index is 12.9. The molecule has 0 heterocycles. The Hall–Kier alpha value is -1.06. The highest BCUT2D eigenvalue weighted by atomic mass is 16.2. The van der Waals surface area contributed by atoms with E-state index in [4.69, 9.17) is 5.73 Å². The highest BCUT2D eigenvalue weighted by molar-refractivity contribution is 5.83. The number of nitrogens with two attached hydrogens (primary N) is 1. The van der Waals surface area contributed by atoms with Gasteiger partial charge in [-0.1, -0.05) is 26.2 Å². The highest BCUT2D eigenvalue weighted by Gasteiger charge is 2.58. The zero-order valence-corrected chi connectivity index (χ0v) is 14.3. The molecule has 4 heteroatoms. The summed E-state index contributed by atoms with van der Waals surface area (Å²) in [6.45, 7) is 2.14. The molecule has 5 saturated carbocycles. The van der Waals surface area contributed by atoms with Crippen LogP contribution in [0.3, 0.4) is 0 Å². The van der Waals surface area contributed by atoms with Crippen LogP contribution in [0.25, 0.3) is 0 Å². The Kier molecular flexibility index (Phi) is 3.51. The number of amides is 2. The summed E-state index contributed by atoms with van der Waals surface area (Å²) < 4.78 is 0. The molecule has 5 rings (SSSR count). The van der Waals surface area contributed by atoms with Crippen LogP contribution in [0.2, 0.25) is 0 Å². The molecule has 0 spiro atoms. The standard InChI is InChI=1S/C19H30N2O2/c1-18(5-3-2-4-6-18)17(23)21-15-13-7-12-8-14(15)11-19(9-12,10-13)16(20)22/h12-15H,2-11H2,1H3,(H2,20,22)(H,21,23)/t12?,13-,14+,15?,19?. The summed E-state index contributed by atoms with van der Waals surface area (Å²) in [6.07, 6.45) is 10.8. The van der Waals surface area contributed by atoms with Crippen molar-refractivity contribution in [3.63, 3.8) is 0 Å². The molecule has 128 valence electrons. The van der Waals surface area contributed by atoms with E-state index < -0.39 is 0 Å². The second-order valence-electron chi connectivity index (χ2n) is 9.24. The van der Waals surface area contributed by atoms with Gasteiger partial charge < -0.3 is 11.1 Å². The Morgan fingerprint density at radius 3 is 2.17 bits per heavy atom. The van der Waals surface area contributed by atoms with E-state index in [9.17, 15) is 9.59 Å². The van der Waals surface area contributed by atoms with Crippen molar-refractivity contribution in [1.82, 2.24) is 5.32 Å². The summed E-state index contributed by atoms with van der Waals surface area (Å²) in [6, 6.07) is 0.283. The average Bonchev–Trinajstić information content (AvgIpc) is 2.50. The average molecular weight is 318 g/mol. The van der Waals surface area contributed by atoms with Gasteiger partial charge in [0, 0.05) is 16.9 Å². The molecule has 5 atom stereocenters. The largest absolute Gasteiger partial charge is 0.369 e. The molecule has 23 heavy (non-hydrogen) atoms. The van der Waals surface area contributed by atoms with Crippen molar-refractivity contribution < 1.29 is 9.59 Å². The molecule has 0 aromatic rings. The first-order valence-corrected chi connectivity index (χ1v) is 9.53. The van der Waals surface area contributed by atoms with E-state index >= 15 is 0 Å². The number of hydrogen-bond acceptors (Lipinski definition) is 2. The quantitative estimate of drug-likeness (QED) is 0.840. The SMILES string of the molecule is CC1(C(=O)NC2[C@@H]3CC4C[C@H]2CC(C(N)=O)(C4)C3)CCCCC1. The molecule has 0 aromatic carbocycles. The fourth-order valence-electron chi connectivity index (χ4n) is 6.45. The van der Waals surface area contributed by atoms with Crippen molar-refractivity contribution >= 4 is 11.8 Å². The summed E-state index contributed by atoms with van der Waals surface area (Å²) in [5.74, 6) is 1.75. The number of nitrogens with one attached hydrogen (secondary N) is 1. The van der Waals surface area contributed by atoms with E-state index in [0.717, 1.165) is 32.1 Å². The maximum atomic E-state index is 12.9. The third kappa shape index (κ3) is 2.40. The highest BCUT2D eigenvalue weighted by Crippen LogP contribution is 2.60. The van der Waals surface area contributed by atoms with Crippen LogP contribution in [0.5, 0.6) is 0 Å². The fourth-order valence-corrected chi connectivity index (χ4v) is 6.45. The number of primary amides is 1. The number of carbonyl (C=O) groups is 2. The van der Waals surface area contributed by atoms with Crippen molar-refractivity contribution in [2.24, 2.45) is 34.3 Å². The third-order valence-corrected chi connectivity index (χ3v) is 7.60. The van der Waals surface area contributed by atoms with Gasteiger partial charge in [0.1, 0.15) is 0 Å². The van der Waals surface area contributed by atoms with Gasteiger partial charge in [-0.3, -0.25) is 9.59 Å². The molecule has 5 aliphatic carbocycles. The molecule has 5 fully saturated rings. The molecule has 0 saturated heterocycles. The molecule has 0 aromatic heterocycles. The van der Waals surface area contributed by atoms with E-state index in [0.29, 0.717) is 17.8 Å². The Bertz CT molecular complexity index is 507. The summed E-state index contributed by atoms with van der Waals surface area (Å²) in [5.41, 5.74) is 5.32. The van der Waals surface area contributed by atoms with Gasteiger partial charge >= 0.3 is 0 Å². The predicted molar refractivity (Wildman–Crippen MR) is 88.3 cm³/mol. The molecular weight excluding hydrogens is 288 g/mol. The lowest BCUT2D eigenvalue weighted by atomic mass is 9.47. The minimum absolute atomic E-state index is 0.0964. The smallest absolute Gasteiger partial charge is 0.226 e. The lowest BCUT2D eigenvalue weighted by molar-refractivity contribution is -0.149. The van der Waals surface area contributed by atoms with E-state index in [1.54, 1.807) is 0 Å². The van der Waals surface area contributed by atoms with Gasteiger partial charge in [0.15, 0.2) is 0 Å². The molecular formula is C19H30N2O2. The first-order chi connectivity index (χ1) is 10.9. The molecule has 5 aliphatic rings. The van der Waals surface area contributed by atoms with Crippen molar-refractivity contribution in [3.8, 4) is 0 Å². The normalized spacial score (nSPS) is 44.0. The monoisotopic (exact) mass is 318 g/mol. The van der Waals surface area contributed by atoms with Crippen molar-refractivity contribution in [2.75, 3.05) is 0 Å². The van der Waals surface area contributed by atoms with Crippen molar-refractivity contribution in [2.45, 2.75) is 77.2 Å². The van der Waals surface area contributed by atoms with Crippen molar-refractivity contribution in [1.29, 1.82) is 0 Å². The Morgan fingerprint density at radius 2 is 1.61 bits per heavy atom. The van der Waals surface area contributed by atoms with E-state index in [1.807, 2.05) is 0 Å². The summed E-state index contributed by atoms with van der Waals surface area (Å²) in [4.78, 5) is 24.9. The first-order valence-electron chi connectivity index (χ1n) is 9.53. The molecule has 4 nitrogen and oxygen atoms in total. The zero-order chi connectivity index (χ0) is 16.2. The second kappa shape index (κ2) is 5.22. The Balaban J connectivity index is 1.49. The predicted octanol–water partition coefficient (Wildman–Crippen LogP) is 2.75. The summed E-state index contributed by atoms with van der Waals surface area (Å²) in [5, 5.41) is 3.44. The van der Waals surface area contributed by atoms with Gasteiger partial charge in [-0.05, 0) is 62.7 Å². The Labute approximate surface area is 138 Å². The minimum atomic E-state index is -0.257. The van der Waals surface area contributed by atoms with Gasteiger partial charge in [0.2, 0.25) is 11.8 Å². The van der Waals surface area contributed by atoms with Crippen LogP contribution in [0.15, 0.2) is 0 Å². The molecule has 3 unspecified atom stereocenters. The molecule has 2 amide bonds. The van der Waals surface area contributed by atoms with E-state index in [2.05, 4.69) is 12.2 Å². The van der Waals surface area contributed by atoms with Crippen LogP contribution in [0.4, 0.5) is 0 Å². The Morgan fingerprint density at radius 1 is 1.00 bits per heavy atom. The van der Waals surface area contributed by atoms with Gasteiger partial charge in [0.25, 0.3) is 0 Å². The van der Waals surface area contributed by atoms with Crippen LogP contribution in [0.1, 0.15) is 71.1 Å². The number of rotatable bonds is 3. The second-order valence-corrected chi connectivity index (χ2v) is 9.24. The molecule has 4 bridgehead atoms. The molecule has 0 aliphatic heterocycles.